The van der Waals surface area contributed by atoms with Crippen molar-refractivity contribution in [3.05, 3.63) is 81.3 Å². The van der Waals surface area contributed by atoms with Crippen LogP contribution in [-0.2, 0) is 10.0 Å². The summed E-state index contributed by atoms with van der Waals surface area (Å²) in [4.78, 5) is 20.0. The molecule has 4 aromatic rings. The van der Waals surface area contributed by atoms with Crippen molar-refractivity contribution in [1.29, 1.82) is 0 Å². The molecule has 0 fully saturated rings. The number of pyridine rings is 1. The van der Waals surface area contributed by atoms with Gasteiger partial charge in [-0.05, 0) is 36.4 Å². The number of nitrogens with one attached hydrogen (secondary N) is 1. The molecule has 0 aliphatic carbocycles. The molecule has 4 rings (SSSR count). The minimum absolute atomic E-state index is 0.0553. The van der Waals surface area contributed by atoms with Crippen molar-refractivity contribution in [3.8, 4) is 5.69 Å². The van der Waals surface area contributed by atoms with Gasteiger partial charge in [-0.25, -0.2) is 18.4 Å². The van der Waals surface area contributed by atoms with Gasteiger partial charge in [0, 0.05) is 23.6 Å². The molecule has 0 amide bonds. The monoisotopic (exact) mass is 461 g/mol. The van der Waals surface area contributed by atoms with Crippen LogP contribution in [0.25, 0.3) is 16.7 Å². The average molecular weight is 462 g/mol. The van der Waals surface area contributed by atoms with Gasteiger partial charge in [0.05, 0.1) is 10.0 Å². The van der Waals surface area contributed by atoms with Gasteiger partial charge in [-0.3, -0.25) is 9.52 Å². The summed E-state index contributed by atoms with van der Waals surface area (Å²) in [7, 11) is -3.94. The fraction of sp³-hybridized carbons (Fsp3) is 0. The zero-order valence-electron chi connectivity index (χ0n) is 15.1. The molecule has 0 aliphatic heterocycles. The lowest BCUT2D eigenvalue weighted by molar-refractivity contribution is 0.601. The Balaban J connectivity index is 1.70. The standard InChI is InChI=1S/C19H13Cl2N5O3S/c20-13-2-1-3-15(17(13)21)30(28,29)25-11-4-6-12(7-5-11)26-9-8-14(27)16-18(22)23-10-24-19(16)26/h1-10,25H,(H2,22,23,24). The summed E-state index contributed by atoms with van der Waals surface area (Å²) >= 11 is 11.9. The number of benzene rings is 2. The second-order valence-corrected chi connectivity index (χ2v) is 8.65. The van der Waals surface area contributed by atoms with Crippen molar-refractivity contribution < 1.29 is 8.42 Å². The first-order valence-electron chi connectivity index (χ1n) is 8.47. The molecule has 152 valence electrons. The minimum atomic E-state index is -3.94. The highest BCUT2D eigenvalue weighted by atomic mass is 35.5. The molecule has 0 saturated heterocycles. The fourth-order valence-electron chi connectivity index (χ4n) is 2.90. The van der Waals surface area contributed by atoms with E-state index in [0.717, 1.165) is 0 Å². The van der Waals surface area contributed by atoms with Crippen LogP contribution < -0.4 is 15.9 Å². The second-order valence-electron chi connectivity index (χ2n) is 6.21. The molecule has 8 nitrogen and oxygen atoms in total. The lowest BCUT2D eigenvalue weighted by Gasteiger charge is -2.13. The summed E-state index contributed by atoms with van der Waals surface area (Å²) in [6, 6.07) is 12.2. The maximum atomic E-state index is 12.7. The highest BCUT2D eigenvalue weighted by molar-refractivity contribution is 7.92. The van der Waals surface area contributed by atoms with Crippen molar-refractivity contribution in [2.75, 3.05) is 10.5 Å². The quantitative estimate of drug-likeness (QED) is 0.479. The third kappa shape index (κ3) is 3.58. The Bertz CT molecular complexity index is 1440. The second kappa shape index (κ2) is 7.60. The molecule has 0 unspecified atom stereocenters. The van der Waals surface area contributed by atoms with Crippen LogP contribution in [0.15, 0.2) is 70.7 Å². The highest BCUT2D eigenvalue weighted by Crippen LogP contribution is 2.30. The van der Waals surface area contributed by atoms with Crippen LogP contribution in [-0.4, -0.2) is 23.0 Å². The molecule has 2 heterocycles. The Morgan fingerprint density at radius 3 is 2.47 bits per heavy atom. The number of nitrogens with zero attached hydrogens (tertiary/aromatic N) is 3. The molecular formula is C19H13Cl2N5O3S. The number of nitrogen functional groups attached to an aromatic ring is 1. The maximum absolute atomic E-state index is 12.7. The molecule has 0 aliphatic rings. The number of hydrogen-bond donors (Lipinski definition) is 2. The maximum Gasteiger partial charge on any atom is 0.263 e. The zero-order chi connectivity index (χ0) is 21.5. The van der Waals surface area contributed by atoms with Crippen LogP contribution in [0.3, 0.4) is 0 Å². The van der Waals surface area contributed by atoms with Gasteiger partial charge in [-0.15, -0.1) is 0 Å². The summed E-state index contributed by atoms with van der Waals surface area (Å²) in [6.45, 7) is 0. The summed E-state index contributed by atoms with van der Waals surface area (Å²) in [5.74, 6) is 0.0853. The molecule has 0 atom stereocenters. The van der Waals surface area contributed by atoms with E-state index < -0.39 is 10.0 Å². The Kier molecular flexibility index (Phi) is 5.10. The van der Waals surface area contributed by atoms with E-state index in [1.165, 1.54) is 30.6 Å². The first-order valence-corrected chi connectivity index (χ1v) is 10.7. The molecule has 0 bridgehead atoms. The molecular weight excluding hydrogens is 449 g/mol. The van der Waals surface area contributed by atoms with E-state index in [9.17, 15) is 13.2 Å². The Morgan fingerprint density at radius 2 is 1.73 bits per heavy atom. The number of rotatable bonds is 4. The van der Waals surface area contributed by atoms with Crippen LogP contribution >= 0.6 is 23.2 Å². The fourth-order valence-corrected chi connectivity index (χ4v) is 4.73. The molecule has 2 aromatic heterocycles. The third-order valence-corrected chi connectivity index (χ3v) is 6.66. The number of fused-ring (bicyclic) bond motifs is 1. The lowest BCUT2D eigenvalue weighted by Crippen LogP contribution is -2.14. The van der Waals surface area contributed by atoms with E-state index in [4.69, 9.17) is 28.9 Å². The summed E-state index contributed by atoms with van der Waals surface area (Å²) in [6.07, 6.45) is 2.83. The van der Waals surface area contributed by atoms with Gasteiger partial charge in [0.1, 0.15) is 22.4 Å². The minimum Gasteiger partial charge on any atom is -0.383 e. The summed E-state index contributed by atoms with van der Waals surface area (Å²) < 4.78 is 29.4. The van der Waals surface area contributed by atoms with E-state index >= 15 is 0 Å². The van der Waals surface area contributed by atoms with E-state index in [2.05, 4.69) is 14.7 Å². The lowest BCUT2D eigenvalue weighted by atomic mass is 10.2. The van der Waals surface area contributed by atoms with Crippen LogP contribution in [0.4, 0.5) is 11.5 Å². The van der Waals surface area contributed by atoms with Gasteiger partial charge in [0.15, 0.2) is 11.1 Å². The Morgan fingerprint density at radius 1 is 1.00 bits per heavy atom. The van der Waals surface area contributed by atoms with Crippen molar-refractivity contribution in [3.63, 3.8) is 0 Å². The van der Waals surface area contributed by atoms with E-state index in [-0.39, 0.29) is 31.6 Å². The highest BCUT2D eigenvalue weighted by Gasteiger charge is 2.19. The smallest absolute Gasteiger partial charge is 0.263 e. The van der Waals surface area contributed by atoms with Gasteiger partial charge < -0.3 is 10.3 Å². The Labute approximate surface area is 181 Å². The average Bonchev–Trinajstić information content (AvgIpc) is 2.71. The largest absolute Gasteiger partial charge is 0.383 e. The van der Waals surface area contributed by atoms with E-state index in [0.29, 0.717) is 17.0 Å². The summed E-state index contributed by atoms with van der Waals surface area (Å²) in [5.41, 5.74) is 6.82. The number of hydrogen-bond acceptors (Lipinski definition) is 6. The molecule has 2 aromatic carbocycles. The van der Waals surface area contributed by atoms with E-state index in [1.54, 1.807) is 35.0 Å². The number of halogens is 2. The van der Waals surface area contributed by atoms with Crippen LogP contribution in [0, 0.1) is 0 Å². The number of anilines is 2. The molecule has 30 heavy (non-hydrogen) atoms. The molecule has 11 heteroatoms. The predicted molar refractivity (Wildman–Crippen MR) is 117 cm³/mol. The molecule has 0 radical (unpaired) electrons. The zero-order valence-corrected chi connectivity index (χ0v) is 17.4. The van der Waals surface area contributed by atoms with Crippen molar-refractivity contribution in [1.82, 2.24) is 14.5 Å². The van der Waals surface area contributed by atoms with Crippen molar-refractivity contribution >= 4 is 55.8 Å². The van der Waals surface area contributed by atoms with Gasteiger partial charge in [-0.2, -0.15) is 0 Å². The van der Waals surface area contributed by atoms with Crippen LogP contribution in [0.1, 0.15) is 0 Å². The third-order valence-electron chi connectivity index (χ3n) is 4.31. The number of nitrogens with two attached hydrogens (primary N) is 1. The van der Waals surface area contributed by atoms with Crippen LogP contribution in [0.5, 0.6) is 0 Å². The van der Waals surface area contributed by atoms with Gasteiger partial charge >= 0.3 is 0 Å². The van der Waals surface area contributed by atoms with Crippen molar-refractivity contribution in [2.24, 2.45) is 0 Å². The molecule has 0 spiro atoms. The van der Waals surface area contributed by atoms with Crippen LogP contribution in [0.2, 0.25) is 10.0 Å². The SMILES string of the molecule is Nc1ncnc2c1c(=O)ccn2-c1ccc(NS(=O)(=O)c2cccc(Cl)c2Cl)cc1. The Hall–Kier alpha value is -3.14. The van der Waals surface area contributed by atoms with Crippen molar-refractivity contribution in [2.45, 2.75) is 4.90 Å². The molecule has 0 saturated carbocycles. The normalized spacial score (nSPS) is 11.5. The molecule has 3 N–H and O–H groups in total. The topological polar surface area (TPSA) is 120 Å². The van der Waals surface area contributed by atoms with E-state index in [1.807, 2.05) is 0 Å². The first kappa shape index (κ1) is 20.1. The van der Waals surface area contributed by atoms with Gasteiger partial charge in [-0.1, -0.05) is 29.3 Å². The summed E-state index contributed by atoms with van der Waals surface area (Å²) in [5, 5.41) is 0.293. The first-order chi connectivity index (χ1) is 14.3. The predicted octanol–water partition coefficient (Wildman–Crippen LogP) is 3.47. The van der Waals surface area contributed by atoms with Gasteiger partial charge in [0.2, 0.25) is 0 Å². The number of sulfonamides is 1. The number of aromatic nitrogens is 3. The van der Waals surface area contributed by atoms with Gasteiger partial charge in [0.25, 0.3) is 10.0 Å².